The van der Waals surface area contributed by atoms with Gasteiger partial charge in [0, 0.05) is 57.9 Å². The van der Waals surface area contributed by atoms with Crippen molar-refractivity contribution < 1.29 is 9.53 Å². The number of benzene rings is 1. The van der Waals surface area contributed by atoms with Crippen LogP contribution in [-0.2, 0) is 11.3 Å². The van der Waals surface area contributed by atoms with Gasteiger partial charge < -0.3 is 4.74 Å². The molecule has 2 aliphatic heterocycles. The lowest BCUT2D eigenvalue weighted by molar-refractivity contribution is -0.185. The molecule has 0 N–H and O–H groups in total. The van der Waals surface area contributed by atoms with Gasteiger partial charge in [-0.3, -0.25) is 19.6 Å². The maximum atomic E-state index is 12.9. The van der Waals surface area contributed by atoms with Crippen LogP contribution in [0.1, 0.15) is 35.8 Å². The Morgan fingerprint density at radius 2 is 1.86 bits per heavy atom. The molecule has 148 valence electrons. The number of hydrogen-bond donors (Lipinski definition) is 0. The van der Waals surface area contributed by atoms with E-state index in [4.69, 9.17) is 4.74 Å². The summed E-state index contributed by atoms with van der Waals surface area (Å²) in [6.45, 7) is 7.75. The number of aromatic nitrogens is 1. The highest BCUT2D eigenvalue weighted by Crippen LogP contribution is 2.34. The lowest BCUT2D eigenvalue weighted by Crippen LogP contribution is -2.59. The summed E-state index contributed by atoms with van der Waals surface area (Å²) in [5.41, 5.74) is 1.56. The molecule has 0 saturated carbocycles. The molecule has 0 bridgehead atoms. The van der Waals surface area contributed by atoms with Crippen LogP contribution in [0.4, 0.5) is 0 Å². The fourth-order valence-corrected chi connectivity index (χ4v) is 4.42. The van der Waals surface area contributed by atoms with E-state index in [1.54, 1.807) is 6.20 Å². The Morgan fingerprint density at radius 1 is 1.11 bits per heavy atom. The summed E-state index contributed by atoms with van der Waals surface area (Å²) in [7, 11) is 0. The van der Waals surface area contributed by atoms with Gasteiger partial charge in [0.25, 0.3) is 0 Å². The van der Waals surface area contributed by atoms with Gasteiger partial charge >= 0.3 is 0 Å². The average Bonchev–Trinajstić information content (AvgIpc) is 2.75. The second kappa shape index (κ2) is 8.52. The van der Waals surface area contributed by atoms with E-state index in [0.29, 0.717) is 12.3 Å². The van der Waals surface area contributed by atoms with Gasteiger partial charge in [-0.1, -0.05) is 36.4 Å². The number of carbonyl (C=O) groups excluding carboxylic acids is 1. The number of rotatable bonds is 5. The molecule has 0 radical (unpaired) electrons. The van der Waals surface area contributed by atoms with Crippen LogP contribution < -0.4 is 0 Å². The van der Waals surface area contributed by atoms with Crippen LogP contribution in [0.2, 0.25) is 0 Å². The van der Waals surface area contributed by atoms with Gasteiger partial charge in [-0.2, -0.15) is 0 Å². The Morgan fingerprint density at radius 3 is 2.57 bits per heavy atom. The predicted molar refractivity (Wildman–Crippen MR) is 109 cm³/mol. The lowest BCUT2D eigenvalue weighted by atomic mass is 9.86. The van der Waals surface area contributed by atoms with Crippen molar-refractivity contribution >= 4 is 5.78 Å². The van der Waals surface area contributed by atoms with Crippen molar-refractivity contribution in [2.75, 3.05) is 32.8 Å². The van der Waals surface area contributed by atoms with E-state index < -0.39 is 0 Å². The zero-order valence-corrected chi connectivity index (χ0v) is 16.6. The number of piperazine rings is 1. The first-order chi connectivity index (χ1) is 13.6. The van der Waals surface area contributed by atoms with E-state index in [1.165, 1.54) is 5.56 Å². The van der Waals surface area contributed by atoms with E-state index in [9.17, 15) is 4.79 Å². The molecule has 2 fully saturated rings. The first-order valence-corrected chi connectivity index (χ1v) is 10.2. The van der Waals surface area contributed by atoms with Crippen molar-refractivity contribution in [3.05, 3.63) is 66.0 Å². The van der Waals surface area contributed by atoms with Crippen LogP contribution in [0.3, 0.4) is 0 Å². The van der Waals surface area contributed by atoms with E-state index >= 15 is 0 Å². The van der Waals surface area contributed by atoms with Crippen LogP contribution in [0.15, 0.2) is 54.7 Å². The van der Waals surface area contributed by atoms with Gasteiger partial charge in [-0.05, 0) is 31.0 Å². The molecule has 0 aliphatic carbocycles. The third-order valence-corrected chi connectivity index (χ3v) is 6.08. The van der Waals surface area contributed by atoms with Crippen LogP contribution in [0.25, 0.3) is 0 Å². The van der Waals surface area contributed by atoms with Crippen molar-refractivity contribution in [1.82, 2.24) is 14.8 Å². The van der Waals surface area contributed by atoms with E-state index in [1.807, 2.05) is 18.2 Å². The highest BCUT2D eigenvalue weighted by atomic mass is 16.5. The minimum absolute atomic E-state index is 0.0176. The molecule has 5 nitrogen and oxygen atoms in total. The van der Waals surface area contributed by atoms with Crippen molar-refractivity contribution in [3.63, 3.8) is 0 Å². The monoisotopic (exact) mass is 379 g/mol. The fraction of sp³-hybridized carbons (Fsp3) is 0.478. The average molecular weight is 380 g/mol. The molecule has 1 aromatic carbocycles. The zero-order valence-electron chi connectivity index (χ0n) is 16.6. The topological polar surface area (TPSA) is 45.7 Å². The first-order valence-electron chi connectivity index (χ1n) is 10.2. The van der Waals surface area contributed by atoms with E-state index in [0.717, 1.165) is 45.6 Å². The molecular formula is C23H29N3O2. The minimum atomic E-state index is -0.369. The maximum Gasteiger partial charge on any atom is 0.184 e. The van der Waals surface area contributed by atoms with E-state index in [2.05, 4.69) is 52.0 Å². The maximum absolute atomic E-state index is 12.9. The Bertz CT molecular complexity index is 775. The molecule has 0 amide bonds. The first kappa shape index (κ1) is 19.2. The number of hydrogen-bond acceptors (Lipinski definition) is 5. The number of ketones is 1. The minimum Gasteiger partial charge on any atom is -0.361 e. The van der Waals surface area contributed by atoms with Gasteiger partial charge in [0.05, 0.1) is 0 Å². The second-order valence-corrected chi connectivity index (χ2v) is 8.04. The molecule has 1 aromatic heterocycles. The summed E-state index contributed by atoms with van der Waals surface area (Å²) in [6.07, 6.45) is 3.21. The smallest absolute Gasteiger partial charge is 0.184 e. The van der Waals surface area contributed by atoms with Crippen molar-refractivity contribution in [2.45, 2.75) is 32.0 Å². The van der Waals surface area contributed by atoms with Crippen molar-refractivity contribution in [1.29, 1.82) is 0 Å². The molecule has 28 heavy (non-hydrogen) atoms. The number of Topliss-reactive ketones (excluding diaryl/α,β-unsaturated/α-hetero) is 1. The highest BCUT2D eigenvalue weighted by molar-refractivity contribution is 5.96. The Balaban J connectivity index is 1.35. The summed E-state index contributed by atoms with van der Waals surface area (Å²) in [5.74, 6) is 0.133. The molecule has 4 rings (SSSR count). The second-order valence-electron chi connectivity index (χ2n) is 8.04. The molecule has 2 atom stereocenters. The summed E-state index contributed by atoms with van der Waals surface area (Å²) in [4.78, 5) is 22.1. The van der Waals surface area contributed by atoms with E-state index in [-0.39, 0.29) is 17.4 Å². The molecule has 0 unspecified atom stereocenters. The van der Waals surface area contributed by atoms with Crippen LogP contribution in [0, 0.1) is 5.92 Å². The van der Waals surface area contributed by atoms with Crippen molar-refractivity contribution in [2.24, 2.45) is 5.92 Å². The van der Waals surface area contributed by atoms with Crippen LogP contribution in [0.5, 0.6) is 0 Å². The summed E-state index contributed by atoms with van der Waals surface area (Å²) < 4.78 is 6.21. The number of pyridine rings is 1. The Labute approximate surface area is 167 Å². The standard InChI is InChI=1S/C23H29N3O2/c1-23(17-20(10-16-28-23)22(27)21-9-5-6-11-24-21)26-14-12-25(13-15-26)18-19-7-3-2-4-8-19/h2-9,11,20H,10,12-18H2,1H3/t20-,23-/m1/s1. The van der Waals surface area contributed by atoms with Gasteiger partial charge in [0.2, 0.25) is 0 Å². The zero-order chi connectivity index (χ0) is 19.4. The number of nitrogens with zero attached hydrogens (tertiary/aromatic N) is 3. The van der Waals surface area contributed by atoms with Gasteiger partial charge in [-0.25, -0.2) is 0 Å². The molecular weight excluding hydrogens is 350 g/mol. The van der Waals surface area contributed by atoms with Gasteiger partial charge in [0.15, 0.2) is 5.78 Å². The summed E-state index contributed by atoms with van der Waals surface area (Å²) in [6, 6.07) is 16.2. The summed E-state index contributed by atoms with van der Waals surface area (Å²) in [5, 5.41) is 0. The third-order valence-electron chi connectivity index (χ3n) is 6.08. The highest BCUT2D eigenvalue weighted by Gasteiger charge is 2.42. The normalized spacial score (nSPS) is 26.8. The SMILES string of the molecule is C[C@]1(N2CCN(Cc3ccccc3)CC2)C[C@H](C(=O)c2ccccn2)CCO1. The van der Waals surface area contributed by atoms with Gasteiger partial charge in [0.1, 0.15) is 11.4 Å². The lowest BCUT2D eigenvalue weighted by Gasteiger charge is -2.48. The molecule has 3 heterocycles. The molecule has 2 aromatic rings. The third kappa shape index (κ3) is 4.32. The number of ether oxygens (including phenoxy) is 1. The molecule has 5 heteroatoms. The Hall–Kier alpha value is -2.08. The van der Waals surface area contributed by atoms with Crippen LogP contribution in [-0.4, -0.2) is 59.1 Å². The van der Waals surface area contributed by atoms with Gasteiger partial charge in [-0.15, -0.1) is 0 Å². The van der Waals surface area contributed by atoms with Crippen molar-refractivity contribution in [3.8, 4) is 0 Å². The molecule has 2 saturated heterocycles. The summed E-state index contributed by atoms with van der Waals surface area (Å²) >= 11 is 0. The quantitative estimate of drug-likeness (QED) is 0.747. The molecule has 2 aliphatic rings. The van der Waals surface area contributed by atoms with Crippen LogP contribution >= 0.6 is 0 Å². The Kier molecular flexibility index (Phi) is 5.85. The molecule has 0 spiro atoms. The predicted octanol–water partition coefficient (Wildman–Crippen LogP) is 3.22. The number of carbonyl (C=O) groups is 1. The fourth-order valence-electron chi connectivity index (χ4n) is 4.42. The largest absolute Gasteiger partial charge is 0.361 e.